The van der Waals surface area contributed by atoms with Crippen molar-refractivity contribution >= 4 is 28.2 Å². The van der Waals surface area contributed by atoms with Crippen LogP contribution in [-0.4, -0.2) is 15.8 Å². The molecule has 4 heteroatoms. The van der Waals surface area contributed by atoms with Gasteiger partial charge in [-0.05, 0) is 29.6 Å². The smallest absolute Gasteiger partial charge is 0.193 e. The summed E-state index contributed by atoms with van der Waals surface area (Å²) in [5, 5.41) is 2.02. The number of thiophene rings is 1. The lowest BCUT2D eigenvalue weighted by Gasteiger charge is -2.00. The molecule has 4 aromatic rings. The fraction of sp³-hybridized carbons (Fsp3) is 0. The fourth-order valence-corrected chi connectivity index (χ4v) is 3.11. The molecule has 0 saturated carbocycles. The molecule has 3 nitrogen and oxygen atoms in total. The van der Waals surface area contributed by atoms with Crippen molar-refractivity contribution in [2.24, 2.45) is 0 Å². The molecule has 2 aromatic heterocycles. The van der Waals surface area contributed by atoms with E-state index < -0.39 is 0 Å². The maximum Gasteiger partial charge on any atom is 0.193 e. The Morgan fingerprint density at radius 3 is 2.59 bits per heavy atom. The highest BCUT2D eigenvalue weighted by Gasteiger charge is 2.11. The third-order valence-electron chi connectivity index (χ3n) is 3.53. The Bertz CT molecular complexity index is 940. The fourth-order valence-electron chi connectivity index (χ4n) is 2.44. The minimum atomic E-state index is 0.0229. The number of H-pyrrole nitrogens is 1. The molecule has 1 N–H and O–H groups in total. The van der Waals surface area contributed by atoms with Crippen molar-refractivity contribution in [1.29, 1.82) is 0 Å². The molecule has 0 spiro atoms. The molecule has 0 amide bonds. The van der Waals surface area contributed by atoms with Gasteiger partial charge in [-0.1, -0.05) is 36.4 Å². The number of aromatic nitrogens is 2. The lowest BCUT2D eigenvalue weighted by molar-refractivity contribution is 0.103. The van der Waals surface area contributed by atoms with Crippen molar-refractivity contribution in [3.05, 3.63) is 77.2 Å². The van der Waals surface area contributed by atoms with Crippen molar-refractivity contribution < 1.29 is 4.79 Å². The van der Waals surface area contributed by atoms with Crippen LogP contribution in [0.25, 0.3) is 21.7 Å². The number of carbonyl (C=O) groups is 1. The zero-order valence-electron chi connectivity index (χ0n) is 11.6. The van der Waals surface area contributed by atoms with E-state index in [1.54, 1.807) is 11.3 Å². The lowest BCUT2D eigenvalue weighted by atomic mass is 10.0. The Morgan fingerprint density at radius 2 is 1.82 bits per heavy atom. The molecule has 4 rings (SSSR count). The average Bonchev–Trinajstić information content (AvgIpc) is 3.23. The number of hydrogen-bond acceptors (Lipinski definition) is 3. The Balaban J connectivity index is 1.76. The van der Waals surface area contributed by atoms with Crippen molar-refractivity contribution in [1.82, 2.24) is 9.97 Å². The van der Waals surface area contributed by atoms with Gasteiger partial charge in [0.25, 0.3) is 0 Å². The van der Waals surface area contributed by atoms with E-state index >= 15 is 0 Å². The SMILES string of the molecule is O=C(c1ccccc1)c1ccc2nc(-c3cccs3)[nH]c2c1. The van der Waals surface area contributed by atoms with Gasteiger partial charge in [-0.2, -0.15) is 0 Å². The topological polar surface area (TPSA) is 45.8 Å². The van der Waals surface area contributed by atoms with E-state index in [1.165, 1.54) is 0 Å². The van der Waals surface area contributed by atoms with E-state index in [-0.39, 0.29) is 5.78 Å². The normalized spacial score (nSPS) is 10.9. The number of hydrogen-bond donors (Lipinski definition) is 1. The summed E-state index contributed by atoms with van der Waals surface area (Å²) in [6.07, 6.45) is 0. The standard InChI is InChI=1S/C18H12N2OS/c21-17(12-5-2-1-3-6-12)13-8-9-14-15(11-13)20-18(19-14)16-7-4-10-22-16/h1-11H,(H,19,20). The van der Waals surface area contributed by atoms with Gasteiger partial charge in [-0.15, -0.1) is 11.3 Å². The van der Waals surface area contributed by atoms with Gasteiger partial charge in [-0.25, -0.2) is 4.98 Å². The van der Waals surface area contributed by atoms with Gasteiger partial charge < -0.3 is 4.98 Å². The van der Waals surface area contributed by atoms with Crippen molar-refractivity contribution in [3.8, 4) is 10.7 Å². The molecule has 106 valence electrons. The first-order valence-corrected chi connectivity index (χ1v) is 7.82. The predicted octanol–water partition coefficient (Wildman–Crippen LogP) is 4.52. The van der Waals surface area contributed by atoms with Gasteiger partial charge >= 0.3 is 0 Å². The largest absolute Gasteiger partial charge is 0.337 e. The van der Waals surface area contributed by atoms with Crippen LogP contribution in [0, 0.1) is 0 Å². The van der Waals surface area contributed by atoms with E-state index in [0.717, 1.165) is 21.7 Å². The number of ketones is 1. The van der Waals surface area contributed by atoms with Crippen LogP contribution < -0.4 is 0 Å². The summed E-state index contributed by atoms with van der Waals surface area (Å²) in [6.45, 7) is 0. The van der Waals surface area contributed by atoms with E-state index in [2.05, 4.69) is 9.97 Å². The van der Waals surface area contributed by atoms with Crippen LogP contribution in [0.4, 0.5) is 0 Å². The highest BCUT2D eigenvalue weighted by Crippen LogP contribution is 2.25. The zero-order chi connectivity index (χ0) is 14.9. The van der Waals surface area contributed by atoms with E-state index in [1.807, 2.05) is 66.0 Å². The number of fused-ring (bicyclic) bond motifs is 1. The summed E-state index contributed by atoms with van der Waals surface area (Å²) in [5.41, 5.74) is 3.11. The molecule has 2 aromatic carbocycles. The van der Waals surface area contributed by atoms with Crippen LogP contribution >= 0.6 is 11.3 Å². The first-order chi connectivity index (χ1) is 10.8. The number of nitrogens with one attached hydrogen (secondary N) is 1. The molecule has 0 unspecified atom stereocenters. The second-order valence-electron chi connectivity index (χ2n) is 4.99. The molecule has 22 heavy (non-hydrogen) atoms. The summed E-state index contributed by atoms with van der Waals surface area (Å²) in [5.74, 6) is 0.865. The molecular formula is C18H12N2OS. The summed E-state index contributed by atoms with van der Waals surface area (Å²) < 4.78 is 0. The van der Waals surface area contributed by atoms with Crippen LogP contribution in [0.3, 0.4) is 0 Å². The minimum Gasteiger partial charge on any atom is -0.337 e. The molecule has 0 radical (unpaired) electrons. The number of rotatable bonds is 3. The maximum atomic E-state index is 12.5. The van der Waals surface area contributed by atoms with Crippen molar-refractivity contribution in [2.45, 2.75) is 0 Å². The predicted molar refractivity (Wildman–Crippen MR) is 89.3 cm³/mol. The Morgan fingerprint density at radius 1 is 0.955 bits per heavy atom. The first-order valence-electron chi connectivity index (χ1n) is 6.95. The molecule has 0 fully saturated rings. The lowest BCUT2D eigenvalue weighted by Crippen LogP contribution is -2.00. The molecule has 0 aliphatic heterocycles. The summed E-state index contributed by atoms with van der Waals surface area (Å²) >= 11 is 1.64. The Hall–Kier alpha value is -2.72. The quantitative estimate of drug-likeness (QED) is 0.565. The second-order valence-corrected chi connectivity index (χ2v) is 5.94. The molecule has 0 saturated heterocycles. The van der Waals surface area contributed by atoms with Crippen LogP contribution in [0.5, 0.6) is 0 Å². The van der Waals surface area contributed by atoms with Crippen LogP contribution in [0.2, 0.25) is 0 Å². The number of carbonyl (C=O) groups excluding carboxylic acids is 1. The Kier molecular flexibility index (Phi) is 3.09. The number of benzene rings is 2. The molecule has 0 aliphatic rings. The van der Waals surface area contributed by atoms with Crippen LogP contribution in [0.1, 0.15) is 15.9 Å². The summed E-state index contributed by atoms with van der Waals surface area (Å²) in [4.78, 5) is 21.4. The van der Waals surface area contributed by atoms with Crippen molar-refractivity contribution in [2.75, 3.05) is 0 Å². The molecular weight excluding hydrogens is 292 g/mol. The summed E-state index contributed by atoms with van der Waals surface area (Å²) in [7, 11) is 0. The van der Waals surface area contributed by atoms with Gasteiger partial charge in [-0.3, -0.25) is 4.79 Å². The number of aromatic amines is 1. The summed E-state index contributed by atoms with van der Waals surface area (Å²) in [6, 6.07) is 18.9. The second kappa shape index (κ2) is 5.24. The highest BCUT2D eigenvalue weighted by atomic mass is 32.1. The van der Waals surface area contributed by atoms with Gasteiger partial charge in [0.05, 0.1) is 15.9 Å². The first kappa shape index (κ1) is 13.0. The molecule has 2 heterocycles. The number of nitrogens with zero attached hydrogens (tertiary/aromatic N) is 1. The van der Waals surface area contributed by atoms with Crippen LogP contribution in [-0.2, 0) is 0 Å². The van der Waals surface area contributed by atoms with Crippen molar-refractivity contribution in [3.63, 3.8) is 0 Å². The van der Waals surface area contributed by atoms with E-state index in [9.17, 15) is 4.79 Å². The van der Waals surface area contributed by atoms with E-state index in [0.29, 0.717) is 11.1 Å². The molecule has 0 atom stereocenters. The van der Waals surface area contributed by atoms with Gasteiger partial charge in [0.1, 0.15) is 5.82 Å². The van der Waals surface area contributed by atoms with Gasteiger partial charge in [0.2, 0.25) is 0 Å². The zero-order valence-corrected chi connectivity index (χ0v) is 12.4. The van der Waals surface area contributed by atoms with E-state index in [4.69, 9.17) is 0 Å². The average molecular weight is 304 g/mol. The Labute approximate surface area is 131 Å². The van der Waals surface area contributed by atoms with Gasteiger partial charge in [0.15, 0.2) is 5.78 Å². The highest BCUT2D eigenvalue weighted by molar-refractivity contribution is 7.13. The molecule has 0 aliphatic carbocycles. The third kappa shape index (κ3) is 2.23. The third-order valence-corrected chi connectivity index (χ3v) is 4.41. The maximum absolute atomic E-state index is 12.5. The van der Waals surface area contributed by atoms with Gasteiger partial charge in [0, 0.05) is 11.1 Å². The minimum absolute atomic E-state index is 0.0229. The monoisotopic (exact) mass is 304 g/mol. The number of imidazole rings is 1. The van der Waals surface area contributed by atoms with Crippen LogP contribution in [0.15, 0.2) is 66.0 Å². The molecule has 0 bridgehead atoms.